The third-order valence-corrected chi connectivity index (χ3v) is 4.42. The molecule has 0 radical (unpaired) electrons. The molecule has 3 aromatic heterocycles. The van der Waals surface area contributed by atoms with Crippen LogP contribution < -0.4 is 5.73 Å². The minimum Gasteiger partial charge on any atom is -0.367 e. The molecule has 8 heteroatoms. The maximum Gasteiger partial charge on any atom is 0.248 e. The first-order chi connectivity index (χ1) is 13.1. The Balaban J connectivity index is 0.000000271. The molecule has 1 aliphatic rings. The lowest BCUT2D eigenvalue weighted by Gasteiger charge is -2.31. The van der Waals surface area contributed by atoms with E-state index in [-0.39, 0.29) is 24.7 Å². The summed E-state index contributed by atoms with van der Waals surface area (Å²) in [7, 11) is 0. The van der Waals surface area contributed by atoms with Crippen molar-refractivity contribution in [1.29, 1.82) is 0 Å². The van der Waals surface area contributed by atoms with E-state index in [9.17, 15) is 8.78 Å². The number of aromatic nitrogens is 4. The van der Waals surface area contributed by atoms with Gasteiger partial charge in [0, 0.05) is 42.1 Å². The number of hydrogen-bond donors (Lipinski definition) is 1. The van der Waals surface area contributed by atoms with Crippen molar-refractivity contribution >= 4 is 23.0 Å². The maximum atomic E-state index is 11.8. The highest BCUT2D eigenvalue weighted by atomic mass is 19.3. The number of alkyl halides is 2. The molecule has 0 amide bonds. The fourth-order valence-electron chi connectivity index (χ4n) is 3.16. The quantitative estimate of drug-likeness (QED) is 0.639. The number of hydrogen-bond acceptors (Lipinski definition) is 5. The molecular weight excluding hydrogens is 362 g/mol. The van der Waals surface area contributed by atoms with Gasteiger partial charge >= 0.3 is 0 Å². The van der Waals surface area contributed by atoms with E-state index < -0.39 is 5.92 Å². The summed E-state index contributed by atoms with van der Waals surface area (Å²) in [5.41, 5.74) is 10.5. The predicted molar refractivity (Wildman–Crippen MR) is 107 cm³/mol. The molecule has 3 heterocycles. The Morgan fingerprint density at radius 3 is 2.50 bits per heavy atom. The monoisotopic (exact) mass is 386 g/mol. The van der Waals surface area contributed by atoms with Gasteiger partial charge in [0.05, 0.1) is 11.7 Å². The van der Waals surface area contributed by atoms with Crippen molar-refractivity contribution in [3.8, 4) is 11.1 Å². The number of nitrogen functional groups attached to an aromatic ring is 1. The van der Waals surface area contributed by atoms with Gasteiger partial charge in [0.15, 0.2) is 5.82 Å². The van der Waals surface area contributed by atoms with Crippen LogP contribution in [0, 0.1) is 12.8 Å². The summed E-state index contributed by atoms with van der Waals surface area (Å²) in [6.07, 6.45) is 5.61. The number of nitrogens with two attached hydrogens (primary N) is 1. The van der Waals surface area contributed by atoms with Crippen molar-refractivity contribution in [2.24, 2.45) is 10.9 Å². The lowest BCUT2D eigenvalue weighted by Crippen LogP contribution is -2.33. The van der Waals surface area contributed by atoms with Crippen LogP contribution in [0.15, 0.2) is 35.7 Å². The van der Waals surface area contributed by atoms with Crippen molar-refractivity contribution in [1.82, 2.24) is 19.6 Å². The molecule has 1 aliphatic carbocycles. The molecule has 0 atom stereocenters. The zero-order valence-corrected chi connectivity index (χ0v) is 16.4. The van der Waals surface area contributed by atoms with Crippen LogP contribution in [0.1, 0.15) is 39.2 Å². The molecule has 0 bridgehead atoms. The van der Waals surface area contributed by atoms with Gasteiger partial charge in [0.1, 0.15) is 0 Å². The summed E-state index contributed by atoms with van der Waals surface area (Å²) in [5.74, 6) is -1.04. The molecule has 1 fully saturated rings. The van der Waals surface area contributed by atoms with E-state index in [4.69, 9.17) is 5.73 Å². The number of aryl methyl sites for hydroxylation is 1. The second-order valence-corrected chi connectivity index (χ2v) is 7.47. The predicted octanol–water partition coefficient (Wildman–Crippen LogP) is 4.85. The summed E-state index contributed by atoms with van der Waals surface area (Å²) >= 11 is 0. The number of fused-ring (bicyclic) bond motifs is 1. The van der Waals surface area contributed by atoms with Gasteiger partial charge in [-0.2, -0.15) is 0 Å². The van der Waals surface area contributed by atoms with Crippen LogP contribution in [0.5, 0.6) is 0 Å². The largest absolute Gasteiger partial charge is 0.367 e. The minimum absolute atomic E-state index is 0.104. The van der Waals surface area contributed by atoms with Gasteiger partial charge in [-0.3, -0.25) is 0 Å². The molecule has 28 heavy (non-hydrogen) atoms. The normalized spacial score (nSPS) is 15.5. The van der Waals surface area contributed by atoms with Crippen molar-refractivity contribution in [3.05, 3.63) is 36.3 Å². The topological polar surface area (TPSA) is 81.5 Å². The third-order valence-electron chi connectivity index (χ3n) is 4.42. The standard InChI is InChI=1S/C15H16N6.C5H8F2/c1-9(2)19-14-10(3)6-11(7-17-14)12-4-5-21-13(12)8-18-15(16)20-21;1-4-2-5(6,7)3-4/h4-8H,1-3H3,(H2,16,20);4H,2-3H2,1H3. The van der Waals surface area contributed by atoms with Gasteiger partial charge in [-0.15, -0.1) is 5.10 Å². The highest BCUT2D eigenvalue weighted by Gasteiger charge is 2.42. The lowest BCUT2D eigenvalue weighted by molar-refractivity contribution is -0.104. The molecule has 6 nitrogen and oxygen atoms in total. The van der Waals surface area contributed by atoms with Crippen molar-refractivity contribution < 1.29 is 8.78 Å². The van der Waals surface area contributed by atoms with Crippen LogP contribution in [-0.4, -0.2) is 31.2 Å². The van der Waals surface area contributed by atoms with Crippen molar-refractivity contribution in [3.63, 3.8) is 0 Å². The molecule has 2 N–H and O–H groups in total. The van der Waals surface area contributed by atoms with Gasteiger partial charge in [-0.1, -0.05) is 6.92 Å². The molecule has 0 aliphatic heterocycles. The molecule has 148 valence electrons. The number of aliphatic imine (C=N–C) groups is 1. The van der Waals surface area contributed by atoms with Crippen LogP contribution in [0.3, 0.4) is 0 Å². The summed E-state index contributed by atoms with van der Waals surface area (Å²) in [5, 5.41) is 4.14. The van der Waals surface area contributed by atoms with Crippen LogP contribution >= 0.6 is 0 Å². The number of anilines is 1. The van der Waals surface area contributed by atoms with E-state index in [0.29, 0.717) is 0 Å². The zero-order chi connectivity index (χ0) is 20.5. The number of rotatable bonds is 2. The first-order valence-corrected chi connectivity index (χ1v) is 9.11. The number of pyridine rings is 1. The second-order valence-electron chi connectivity index (χ2n) is 7.47. The van der Waals surface area contributed by atoms with Gasteiger partial charge in [0.25, 0.3) is 0 Å². The molecule has 0 unspecified atom stereocenters. The Hall–Kier alpha value is -2.90. The van der Waals surface area contributed by atoms with E-state index >= 15 is 0 Å². The molecule has 0 spiro atoms. The Labute approximate surface area is 162 Å². The van der Waals surface area contributed by atoms with Crippen LogP contribution in [0.4, 0.5) is 20.5 Å². The zero-order valence-electron chi connectivity index (χ0n) is 16.4. The highest BCUT2D eigenvalue weighted by molar-refractivity contribution is 5.83. The minimum atomic E-state index is -2.31. The van der Waals surface area contributed by atoms with Gasteiger partial charge in [-0.25, -0.2) is 28.3 Å². The lowest BCUT2D eigenvalue weighted by atomic mass is 9.83. The Morgan fingerprint density at radius 2 is 1.96 bits per heavy atom. The van der Waals surface area contributed by atoms with Crippen molar-refractivity contribution in [2.75, 3.05) is 5.73 Å². The van der Waals surface area contributed by atoms with E-state index in [0.717, 1.165) is 33.7 Å². The van der Waals surface area contributed by atoms with Crippen LogP contribution in [-0.2, 0) is 0 Å². The second kappa shape index (κ2) is 7.61. The molecule has 4 rings (SSSR count). The van der Waals surface area contributed by atoms with Crippen LogP contribution in [0.25, 0.3) is 16.6 Å². The first kappa shape index (κ1) is 19.9. The average molecular weight is 386 g/mol. The SMILES string of the molecule is CC(C)=Nc1ncc(-c2ccn3nc(N)ncc23)cc1C.CC1CC(F)(F)C1. The fourth-order valence-corrected chi connectivity index (χ4v) is 3.16. The summed E-state index contributed by atoms with van der Waals surface area (Å²) in [6, 6.07) is 4.05. The molecule has 0 aromatic carbocycles. The molecule has 0 saturated heterocycles. The Bertz CT molecular complexity index is 1010. The van der Waals surface area contributed by atoms with Gasteiger partial charge in [-0.05, 0) is 44.4 Å². The Morgan fingerprint density at radius 1 is 1.25 bits per heavy atom. The van der Waals surface area contributed by atoms with Gasteiger partial charge < -0.3 is 5.73 Å². The molecule has 3 aromatic rings. The summed E-state index contributed by atoms with van der Waals surface area (Å²) < 4.78 is 25.3. The number of nitrogens with zero attached hydrogens (tertiary/aromatic N) is 5. The summed E-state index contributed by atoms with van der Waals surface area (Å²) in [6.45, 7) is 7.76. The third kappa shape index (κ3) is 4.49. The smallest absolute Gasteiger partial charge is 0.248 e. The van der Waals surface area contributed by atoms with E-state index in [1.165, 1.54) is 0 Å². The van der Waals surface area contributed by atoms with E-state index in [1.54, 1.807) is 10.7 Å². The summed E-state index contributed by atoms with van der Waals surface area (Å²) in [4.78, 5) is 12.9. The highest BCUT2D eigenvalue weighted by Crippen LogP contribution is 2.41. The number of halogens is 2. The average Bonchev–Trinajstić information content (AvgIpc) is 2.98. The Kier molecular flexibility index (Phi) is 5.40. The van der Waals surface area contributed by atoms with E-state index in [2.05, 4.69) is 26.1 Å². The van der Waals surface area contributed by atoms with Crippen LogP contribution in [0.2, 0.25) is 0 Å². The van der Waals surface area contributed by atoms with Gasteiger partial charge in [0.2, 0.25) is 11.9 Å². The maximum absolute atomic E-state index is 11.8. The van der Waals surface area contributed by atoms with E-state index in [1.807, 2.05) is 46.2 Å². The first-order valence-electron chi connectivity index (χ1n) is 9.11. The molecule has 1 saturated carbocycles. The molecular formula is C20H24F2N6. The van der Waals surface area contributed by atoms with Crippen molar-refractivity contribution in [2.45, 2.75) is 46.5 Å². The fraction of sp³-hybridized carbons (Fsp3) is 0.400.